The molecule has 0 radical (unpaired) electrons. The SMILES string of the molecule is Cc1ccc2oc3c(-c4ccccc4Br)cc(-c4ccccc4)c(C(=O)c4ccccc4)c3c2c1. The molecule has 0 aliphatic rings. The molecule has 2 nitrogen and oxygen atoms in total. The standard InChI is InChI=1S/C32H21BrO2/c1-20-16-17-28-26(18-20)30-29(31(34)22-12-6-3-7-13-22)24(21-10-4-2-5-11-21)19-25(32(30)35-28)23-14-8-9-15-27(23)33/h2-19H,1H3. The summed E-state index contributed by atoms with van der Waals surface area (Å²) in [5.41, 5.74) is 7.77. The number of ketones is 1. The Labute approximate surface area is 212 Å². The Kier molecular flexibility index (Phi) is 5.35. The van der Waals surface area contributed by atoms with Crippen LogP contribution in [0, 0.1) is 6.92 Å². The number of rotatable bonds is 4. The van der Waals surface area contributed by atoms with Gasteiger partial charge in [0.25, 0.3) is 0 Å². The van der Waals surface area contributed by atoms with Gasteiger partial charge < -0.3 is 4.42 Å². The van der Waals surface area contributed by atoms with Crippen LogP contribution in [0.4, 0.5) is 0 Å². The van der Waals surface area contributed by atoms with Crippen molar-refractivity contribution in [3.05, 3.63) is 130 Å². The van der Waals surface area contributed by atoms with Gasteiger partial charge in [0, 0.05) is 31.9 Å². The van der Waals surface area contributed by atoms with Gasteiger partial charge >= 0.3 is 0 Å². The van der Waals surface area contributed by atoms with E-state index < -0.39 is 0 Å². The van der Waals surface area contributed by atoms with Crippen LogP contribution in [0.2, 0.25) is 0 Å². The third-order valence-electron chi connectivity index (χ3n) is 6.41. The van der Waals surface area contributed by atoms with E-state index in [1.54, 1.807) is 0 Å². The lowest BCUT2D eigenvalue weighted by molar-refractivity contribution is 0.104. The molecule has 0 amide bonds. The van der Waals surface area contributed by atoms with Gasteiger partial charge in [0.1, 0.15) is 11.2 Å². The smallest absolute Gasteiger partial charge is 0.194 e. The van der Waals surface area contributed by atoms with Crippen molar-refractivity contribution in [3.8, 4) is 22.3 Å². The highest BCUT2D eigenvalue weighted by molar-refractivity contribution is 9.10. The lowest BCUT2D eigenvalue weighted by Crippen LogP contribution is -2.05. The predicted octanol–water partition coefficient (Wildman–Crippen LogP) is 9.22. The monoisotopic (exact) mass is 516 g/mol. The van der Waals surface area contributed by atoms with Crippen molar-refractivity contribution in [3.63, 3.8) is 0 Å². The van der Waals surface area contributed by atoms with E-state index in [1.807, 2.05) is 78.9 Å². The predicted molar refractivity (Wildman–Crippen MR) is 147 cm³/mol. The van der Waals surface area contributed by atoms with Crippen LogP contribution in [0.15, 0.2) is 118 Å². The minimum Gasteiger partial charge on any atom is -0.455 e. The number of hydrogen-bond donors (Lipinski definition) is 0. The first-order valence-electron chi connectivity index (χ1n) is 11.5. The Balaban J connectivity index is 1.82. The van der Waals surface area contributed by atoms with E-state index in [0.29, 0.717) is 11.1 Å². The molecule has 1 aromatic heterocycles. The van der Waals surface area contributed by atoms with Crippen molar-refractivity contribution in [1.82, 2.24) is 0 Å². The fraction of sp³-hybridized carbons (Fsp3) is 0.0312. The molecule has 0 bridgehead atoms. The van der Waals surface area contributed by atoms with Gasteiger partial charge in [0.15, 0.2) is 5.78 Å². The van der Waals surface area contributed by atoms with E-state index in [0.717, 1.165) is 54.2 Å². The highest BCUT2D eigenvalue weighted by Gasteiger charge is 2.26. The zero-order chi connectivity index (χ0) is 23.9. The quantitative estimate of drug-likeness (QED) is 0.218. The molecule has 0 N–H and O–H groups in total. The molecule has 35 heavy (non-hydrogen) atoms. The molecule has 3 heteroatoms. The van der Waals surface area contributed by atoms with E-state index in [9.17, 15) is 4.79 Å². The third kappa shape index (κ3) is 3.69. The van der Waals surface area contributed by atoms with Crippen molar-refractivity contribution < 1.29 is 9.21 Å². The molecule has 168 valence electrons. The number of carbonyl (C=O) groups is 1. The first-order valence-corrected chi connectivity index (χ1v) is 12.3. The number of benzene rings is 5. The average Bonchev–Trinajstić information content (AvgIpc) is 3.27. The van der Waals surface area contributed by atoms with E-state index in [4.69, 9.17) is 4.42 Å². The van der Waals surface area contributed by atoms with Crippen molar-refractivity contribution in [2.45, 2.75) is 6.92 Å². The molecular weight excluding hydrogens is 496 g/mol. The number of aryl methyl sites for hydroxylation is 1. The van der Waals surface area contributed by atoms with Gasteiger partial charge in [-0.1, -0.05) is 106 Å². The fourth-order valence-corrected chi connectivity index (χ4v) is 5.26. The fourth-order valence-electron chi connectivity index (χ4n) is 4.76. The molecule has 0 spiro atoms. The van der Waals surface area contributed by atoms with Gasteiger partial charge in [-0.05, 0) is 47.9 Å². The van der Waals surface area contributed by atoms with E-state index in [2.05, 4.69) is 53.2 Å². The van der Waals surface area contributed by atoms with Crippen LogP contribution in [0.5, 0.6) is 0 Å². The molecule has 0 aliphatic carbocycles. The summed E-state index contributed by atoms with van der Waals surface area (Å²) in [4.78, 5) is 14.1. The summed E-state index contributed by atoms with van der Waals surface area (Å²) in [5.74, 6) is -0.0164. The summed E-state index contributed by atoms with van der Waals surface area (Å²) in [6.07, 6.45) is 0. The van der Waals surface area contributed by atoms with E-state index in [1.165, 1.54) is 0 Å². The van der Waals surface area contributed by atoms with Crippen LogP contribution < -0.4 is 0 Å². The summed E-state index contributed by atoms with van der Waals surface area (Å²) >= 11 is 3.73. The zero-order valence-electron chi connectivity index (χ0n) is 19.1. The van der Waals surface area contributed by atoms with Crippen LogP contribution in [0.1, 0.15) is 21.5 Å². The van der Waals surface area contributed by atoms with Crippen LogP contribution in [-0.4, -0.2) is 5.78 Å². The number of hydrogen-bond acceptors (Lipinski definition) is 2. The van der Waals surface area contributed by atoms with Gasteiger partial charge in [0.05, 0.1) is 0 Å². The normalized spacial score (nSPS) is 11.3. The molecular formula is C32H21BrO2. The van der Waals surface area contributed by atoms with Gasteiger partial charge in [-0.25, -0.2) is 0 Å². The summed E-state index contributed by atoms with van der Waals surface area (Å²) in [7, 11) is 0. The van der Waals surface area contributed by atoms with Crippen LogP contribution in [-0.2, 0) is 0 Å². The van der Waals surface area contributed by atoms with Crippen molar-refractivity contribution >= 4 is 43.7 Å². The van der Waals surface area contributed by atoms with E-state index in [-0.39, 0.29) is 5.78 Å². The largest absolute Gasteiger partial charge is 0.455 e. The van der Waals surface area contributed by atoms with Gasteiger partial charge in [0.2, 0.25) is 0 Å². The van der Waals surface area contributed by atoms with Crippen LogP contribution in [0.25, 0.3) is 44.2 Å². The van der Waals surface area contributed by atoms with Gasteiger partial charge in [-0.2, -0.15) is 0 Å². The topological polar surface area (TPSA) is 30.2 Å². The first kappa shape index (κ1) is 21.6. The zero-order valence-corrected chi connectivity index (χ0v) is 20.7. The highest BCUT2D eigenvalue weighted by atomic mass is 79.9. The molecule has 5 aromatic carbocycles. The Morgan fingerprint density at radius 1 is 0.714 bits per heavy atom. The molecule has 6 rings (SSSR count). The summed E-state index contributed by atoms with van der Waals surface area (Å²) in [6.45, 7) is 2.06. The second kappa shape index (κ2) is 8.68. The lowest BCUT2D eigenvalue weighted by atomic mass is 9.87. The number of furan rings is 1. The lowest BCUT2D eigenvalue weighted by Gasteiger charge is -2.15. The maximum absolute atomic E-state index is 14.1. The molecule has 0 aliphatic heterocycles. The average molecular weight is 517 g/mol. The molecule has 0 saturated carbocycles. The maximum Gasteiger partial charge on any atom is 0.194 e. The maximum atomic E-state index is 14.1. The second-order valence-corrected chi connectivity index (χ2v) is 9.55. The highest BCUT2D eigenvalue weighted by Crippen LogP contribution is 2.45. The number of carbonyl (C=O) groups excluding carboxylic acids is 1. The number of fused-ring (bicyclic) bond motifs is 3. The molecule has 0 saturated heterocycles. The summed E-state index contributed by atoms with van der Waals surface area (Å²) in [6, 6.07) is 36.0. The summed E-state index contributed by atoms with van der Waals surface area (Å²) in [5, 5.41) is 1.80. The van der Waals surface area contributed by atoms with Crippen molar-refractivity contribution in [2.24, 2.45) is 0 Å². The number of halogens is 1. The minimum atomic E-state index is -0.0164. The molecule has 6 aromatic rings. The van der Waals surface area contributed by atoms with Gasteiger partial charge in [-0.3, -0.25) is 4.79 Å². The third-order valence-corrected chi connectivity index (χ3v) is 7.10. The Morgan fingerprint density at radius 3 is 2.14 bits per heavy atom. The Hall–Kier alpha value is -3.95. The van der Waals surface area contributed by atoms with Crippen LogP contribution in [0.3, 0.4) is 0 Å². The molecule has 1 heterocycles. The second-order valence-electron chi connectivity index (χ2n) is 8.69. The van der Waals surface area contributed by atoms with Gasteiger partial charge in [-0.15, -0.1) is 0 Å². The van der Waals surface area contributed by atoms with E-state index >= 15 is 0 Å². The molecule has 0 fully saturated rings. The Morgan fingerprint density at radius 2 is 1.40 bits per heavy atom. The Bertz CT molecular complexity index is 1710. The molecule has 0 unspecified atom stereocenters. The van der Waals surface area contributed by atoms with Crippen molar-refractivity contribution in [1.29, 1.82) is 0 Å². The van der Waals surface area contributed by atoms with Crippen LogP contribution >= 0.6 is 15.9 Å². The first-order chi connectivity index (χ1) is 17.1. The minimum absolute atomic E-state index is 0.0164. The van der Waals surface area contributed by atoms with Crippen molar-refractivity contribution in [2.75, 3.05) is 0 Å². The summed E-state index contributed by atoms with van der Waals surface area (Å²) < 4.78 is 7.46. The molecule has 0 atom stereocenters.